The van der Waals surface area contributed by atoms with Crippen LogP contribution in [0, 0.1) is 5.92 Å². The third-order valence-corrected chi connectivity index (χ3v) is 6.95. The molecule has 0 radical (unpaired) electrons. The van der Waals surface area contributed by atoms with E-state index in [9.17, 15) is 5.11 Å². The van der Waals surface area contributed by atoms with Crippen LogP contribution in [0.3, 0.4) is 0 Å². The minimum Gasteiger partial charge on any atom is -0.390 e. The van der Waals surface area contributed by atoms with Gasteiger partial charge in [-0.1, -0.05) is 30.8 Å². The van der Waals surface area contributed by atoms with E-state index in [-0.39, 0.29) is 0 Å². The topological polar surface area (TPSA) is 68.6 Å². The highest BCUT2D eigenvalue weighted by molar-refractivity contribution is 5.57. The number of aryl methyl sites for hydroxylation is 1. The molecule has 2 aromatic rings. The summed E-state index contributed by atoms with van der Waals surface area (Å²) in [5, 5.41) is 16.0. The van der Waals surface area contributed by atoms with Crippen molar-refractivity contribution in [1.29, 1.82) is 0 Å². The first kappa shape index (κ1) is 21.2. The SMILES string of the molecule is C=C(NCC(O)CN1CCc2ccccc2C1)c1cn2c(n1)CCC(C1=CN(C)NC1)C2. The number of nitrogens with one attached hydrogen (secondary N) is 2. The van der Waals surface area contributed by atoms with Crippen molar-refractivity contribution in [2.75, 3.05) is 33.2 Å². The van der Waals surface area contributed by atoms with Crippen LogP contribution in [0.25, 0.3) is 5.70 Å². The van der Waals surface area contributed by atoms with Crippen molar-refractivity contribution in [3.63, 3.8) is 0 Å². The molecular weight excluding hydrogens is 400 g/mol. The van der Waals surface area contributed by atoms with Gasteiger partial charge in [0.25, 0.3) is 0 Å². The van der Waals surface area contributed by atoms with Crippen LogP contribution in [0.5, 0.6) is 0 Å². The molecule has 7 heteroatoms. The Morgan fingerprint density at radius 1 is 1.31 bits per heavy atom. The predicted octanol–water partition coefficient (Wildman–Crippen LogP) is 1.76. The summed E-state index contributed by atoms with van der Waals surface area (Å²) in [6.45, 7) is 9.13. The van der Waals surface area contributed by atoms with Crippen molar-refractivity contribution in [3.8, 4) is 0 Å². The van der Waals surface area contributed by atoms with Gasteiger partial charge >= 0.3 is 0 Å². The Hall–Kier alpha value is -2.61. The van der Waals surface area contributed by atoms with Crippen LogP contribution in [-0.4, -0.2) is 63.9 Å². The van der Waals surface area contributed by atoms with E-state index in [1.165, 1.54) is 16.7 Å². The summed E-state index contributed by atoms with van der Waals surface area (Å²) in [7, 11) is 2.05. The molecule has 0 fully saturated rings. The average Bonchev–Trinajstić information content (AvgIpc) is 3.43. The number of rotatable bonds is 7. The van der Waals surface area contributed by atoms with Crippen LogP contribution in [0.1, 0.15) is 29.1 Å². The van der Waals surface area contributed by atoms with Gasteiger partial charge in [0.15, 0.2) is 0 Å². The van der Waals surface area contributed by atoms with Gasteiger partial charge in [-0.3, -0.25) is 4.90 Å². The van der Waals surface area contributed by atoms with Crippen molar-refractivity contribution >= 4 is 5.70 Å². The molecule has 0 saturated heterocycles. The fourth-order valence-corrected chi connectivity index (χ4v) is 5.10. The smallest absolute Gasteiger partial charge is 0.109 e. The minimum atomic E-state index is -0.447. The van der Waals surface area contributed by atoms with Gasteiger partial charge in [-0.25, -0.2) is 10.4 Å². The normalized spacial score (nSPS) is 21.6. The van der Waals surface area contributed by atoms with Crippen molar-refractivity contribution in [2.24, 2.45) is 5.92 Å². The van der Waals surface area contributed by atoms with Gasteiger partial charge in [-0.15, -0.1) is 0 Å². The molecule has 7 nitrogen and oxygen atoms in total. The lowest BCUT2D eigenvalue weighted by Crippen LogP contribution is -2.40. The Morgan fingerprint density at radius 2 is 2.16 bits per heavy atom. The Bertz CT molecular complexity index is 1010. The van der Waals surface area contributed by atoms with E-state index in [4.69, 9.17) is 4.98 Å². The Morgan fingerprint density at radius 3 is 2.97 bits per heavy atom. The number of aliphatic hydroxyl groups is 1. The van der Waals surface area contributed by atoms with Crippen LogP contribution in [0.2, 0.25) is 0 Å². The monoisotopic (exact) mass is 434 g/mol. The molecule has 1 aromatic carbocycles. The maximum atomic E-state index is 10.6. The number of hydrogen-bond donors (Lipinski definition) is 3. The summed E-state index contributed by atoms with van der Waals surface area (Å²) in [6.07, 6.45) is 7.05. The van der Waals surface area contributed by atoms with Crippen molar-refractivity contribution in [3.05, 3.63) is 71.5 Å². The number of benzene rings is 1. The Balaban J connectivity index is 1.12. The summed E-state index contributed by atoms with van der Waals surface area (Å²) in [5.41, 5.74) is 9.29. The van der Waals surface area contributed by atoms with E-state index in [2.05, 4.69) is 63.5 Å². The van der Waals surface area contributed by atoms with Gasteiger partial charge < -0.3 is 20.0 Å². The number of aliphatic hydroxyl groups excluding tert-OH is 1. The van der Waals surface area contributed by atoms with Gasteiger partial charge in [0.05, 0.1) is 11.8 Å². The number of fused-ring (bicyclic) bond motifs is 2. The van der Waals surface area contributed by atoms with Crippen LogP contribution in [0.4, 0.5) is 0 Å². The summed E-state index contributed by atoms with van der Waals surface area (Å²) in [6, 6.07) is 8.60. The van der Waals surface area contributed by atoms with Gasteiger partial charge in [0, 0.05) is 71.1 Å². The molecule has 3 aliphatic rings. The fraction of sp³-hybridized carbons (Fsp3) is 0.480. The molecule has 0 bridgehead atoms. The zero-order valence-electron chi connectivity index (χ0n) is 18.9. The molecule has 0 aliphatic carbocycles. The van der Waals surface area contributed by atoms with Crippen LogP contribution in [-0.2, 0) is 25.9 Å². The second kappa shape index (κ2) is 9.10. The van der Waals surface area contributed by atoms with Gasteiger partial charge in [0.1, 0.15) is 11.5 Å². The first-order chi connectivity index (χ1) is 15.5. The zero-order valence-corrected chi connectivity index (χ0v) is 18.9. The lowest BCUT2D eigenvalue weighted by atomic mass is 9.92. The third kappa shape index (κ3) is 4.60. The van der Waals surface area contributed by atoms with Gasteiger partial charge in [0.2, 0.25) is 0 Å². The molecule has 1 aromatic heterocycles. The number of β-amino-alcohol motifs (C(OH)–C–C–N with tert-alkyl or cyclic N) is 1. The van der Waals surface area contributed by atoms with E-state index < -0.39 is 6.10 Å². The summed E-state index contributed by atoms with van der Waals surface area (Å²) < 4.78 is 2.27. The first-order valence-electron chi connectivity index (χ1n) is 11.7. The van der Waals surface area contributed by atoms with Gasteiger partial charge in [-0.05, 0) is 29.5 Å². The van der Waals surface area contributed by atoms with Crippen LogP contribution < -0.4 is 10.7 Å². The highest BCUT2D eigenvalue weighted by atomic mass is 16.3. The molecule has 3 aliphatic heterocycles. The summed E-state index contributed by atoms with van der Waals surface area (Å²) in [4.78, 5) is 7.14. The van der Waals surface area contributed by atoms with E-state index in [0.29, 0.717) is 19.0 Å². The fourth-order valence-electron chi connectivity index (χ4n) is 5.10. The maximum absolute atomic E-state index is 10.6. The quantitative estimate of drug-likeness (QED) is 0.617. The van der Waals surface area contributed by atoms with E-state index in [1.807, 2.05) is 12.1 Å². The molecule has 2 unspecified atom stereocenters. The lowest BCUT2D eigenvalue weighted by molar-refractivity contribution is 0.107. The van der Waals surface area contributed by atoms with E-state index in [1.54, 1.807) is 0 Å². The maximum Gasteiger partial charge on any atom is 0.109 e. The third-order valence-electron chi connectivity index (χ3n) is 6.95. The number of hydrogen-bond acceptors (Lipinski definition) is 6. The Labute approximate surface area is 190 Å². The second-order valence-corrected chi connectivity index (χ2v) is 9.35. The molecule has 3 N–H and O–H groups in total. The molecule has 0 amide bonds. The molecule has 4 heterocycles. The van der Waals surface area contributed by atoms with E-state index >= 15 is 0 Å². The zero-order chi connectivity index (χ0) is 22.1. The highest BCUT2D eigenvalue weighted by Crippen LogP contribution is 2.28. The second-order valence-electron chi connectivity index (χ2n) is 9.35. The standard InChI is InChI=1S/C25H34N6O/c1-18(26-12-23(32)16-30-10-9-19-5-3-4-6-20(19)14-30)24-17-31-15-21(7-8-25(31)28-24)22-11-27-29(2)13-22/h3-6,13,17,21,23,26-27,32H,1,7-12,14-16H2,2H3. The van der Waals surface area contributed by atoms with E-state index in [0.717, 1.165) is 62.7 Å². The average molecular weight is 435 g/mol. The Kier molecular flexibility index (Phi) is 6.04. The molecule has 32 heavy (non-hydrogen) atoms. The van der Waals surface area contributed by atoms with Crippen LogP contribution >= 0.6 is 0 Å². The molecule has 170 valence electrons. The molecule has 2 atom stereocenters. The lowest BCUT2D eigenvalue weighted by Gasteiger charge is -2.30. The molecule has 5 rings (SSSR count). The first-order valence-corrected chi connectivity index (χ1v) is 11.7. The molecule has 0 saturated carbocycles. The number of imidazole rings is 1. The molecular formula is C25H34N6O. The van der Waals surface area contributed by atoms with Gasteiger partial charge in [-0.2, -0.15) is 0 Å². The van der Waals surface area contributed by atoms with Crippen LogP contribution in [0.15, 0.2) is 48.8 Å². The van der Waals surface area contributed by atoms with Crippen molar-refractivity contribution < 1.29 is 5.11 Å². The molecule has 0 spiro atoms. The number of hydrazine groups is 1. The highest BCUT2D eigenvalue weighted by Gasteiger charge is 2.26. The minimum absolute atomic E-state index is 0.447. The van der Waals surface area contributed by atoms with Crippen molar-refractivity contribution in [1.82, 2.24) is 30.2 Å². The summed E-state index contributed by atoms with van der Waals surface area (Å²) in [5.74, 6) is 1.69. The predicted molar refractivity (Wildman–Crippen MR) is 126 cm³/mol. The largest absolute Gasteiger partial charge is 0.390 e. The summed E-state index contributed by atoms with van der Waals surface area (Å²) >= 11 is 0. The number of nitrogens with zero attached hydrogens (tertiary/aromatic N) is 4. The van der Waals surface area contributed by atoms with Crippen molar-refractivity contribution in [2.45, 2.75) is 38.5 Å². The number of aromatic nitrogens is 2.